The van der Waals surface area contributed by atoms with E-state index in [-0.39, 0.29) is 5.60 Å². The number of nitrogens with one attached hydrogen (secondary N) is 1. The highest BCUT2D eigenvalue weighted by atomic mass is 16.6. The van der Waals surface area contributed by atoms with Crippen molar-refractivity contribution in [2.45, 2.75) is 57.7 Å². The molecule has 0 aromatic rings. The maximum atomic E-state index is 6.25. The lowest BCUT2D eigenvalue weighted by Crippen LogP contribution is -2.54. The Hall–Kier alpha value is -0.120. The molecule has 100 valence electrons. The molecule has 0 aromatic heterocycles. The molecule has 2 atom stereocenters. The van der Waals surface area contributed by atoms with Crippen molar-refractivity contribution in [1.29, 1.82) is 0 Å². The zero-order chi connectivity index (χ0) is 12.1. The molecule has 0 radical (unpaired) electrons. The van der Waals surface area contributed by atoms with Crippen LogP contribution in [0.25, 0.3) is 0 Å². The van der Waals surface area contributed by atoms with Gasteiger partial charge in [-0.1, -0.05) is 25.7 Å². The van der Waals surface area contributed by atoms with E-state index in [0.29, 0.717) is 12.7 Å². The van der Waals surface area contributed by atoms with Gasteiger partial charge in [0, 0.05) is 19.7 Å². The second-order valence-corrected chi connectivity index (χ2v) is 5.84. The van der Waals surface area contributed by atoms with Crippen molar-refractivity contribution in [3.05, 3.63) is 0 Å². The SMILES string of the molecule is CCOCC1(C)CNCC(CC2CCCC2)O1. The van der Waals surface area contributed by atoms with Crippen LogP contribution in [0.4, 0.5) is 0 Å². The zero-order valence-electron chi connectivity index (χ0n) is 11.3. The van der Waals surface area contributed by atoms with Gasteiger partial charge in [0.05, 0.1) is 12.7 Å². The fourth-order valence-corrected chi connectivity index (χ4v) is 3.14. The van der Waals surface area contributed by atoms with Crippen LogP contribution in [0.1, 0.15) is 46.0 Å². The average Bonchev–Trinajstić information content (AvgIpc) is 2.79. The summed E-state index contributed by atoms with van der Waals surface area (Å²) in [7, 11) is 0. The van der Waals surface area contributed by atoms with Gasteiger partial charge in [0.1, 0.15) is 5.60 Å². The first kappa shape index (κ1) is 13.3. The van der Waals surface area contributed by atoms with E-state index in [1.807, 2.05) is 6.92 Å². The summed E-state index contributed by atoms with van der Waals surface area (Å²) in [5.74, 6) is 0.899. The normalized spacial score (nSPS) is 35.3. The third-order valence-corrected chi connectivity index (χ3v) is 4.00. The van der Waals surface area contributed by atoms with Gasteiger partial charge in [-0.15, -0.1) is 0 Å². The Labute approximate surface area is 105 Å². The molecular weight excluding hydrogens is 214 g/mol. The van der Waals surface area contributed by atoms with Crippen LogP contribution in [0.15, 0.2) is 0 Å². The van der Waals surface area contributed by atoms with Gasteiger partial charge in [0.2, 0.25) is 0 Å². The summed E-state index contributed by atoms with van der Waals surface area (Å²) < 4.78 is 11.8. The molecule has 0 spiro atoms. The van der Waals surface area contributed by atoms with Gasteiger partial charge >= 0.3 is 0 Å². The topological polar surface area (TPSA) is 30.5 Å². The van der Waals surface area contributed by atoms with E-state index in [1.165, 1.54) is 32.1 Å². The molecule has 2 fully saturated rings. The summed E-state index contributed by atoms with van der Waals surface area (Å²) in [5, 5.41) is 3.50. The quantitative estimate of drug-likeness (QED) is 0.801. The van der Waals surface area contributed by atoms with Gasteiger partial charge in [-0.05, 0) is 26.2 Å². The number of morpholine rings is 1. The van der Waals surface area contributed by atoms with Gasteiger partial charge in [0.25, 0.3) is 0 Å². The number of rotatable bonds is 5. The third-order valence-electron chi connectivity index (χ3n) is 4.00. The molecule has 2 rings (SSSR count). The number of hydrogen-bond donors (Lipinski definition) is 1. The molecule has 1 aliphatic carbocycles. The molecule has 3 heteroatoms. The van der Waals surface area contributed by atoms with Crippen molar-refractivity contribution in [2.75, 3.05) is 26.3 Å². The van der Waals surface area contributed by atoms with Gasteiger partial charge < -0.3 is 14.8 Å². The Morgan fingerprint density at radius 1 is 1.35 bits per heavy atom. The molecule has 3 nitrogen and oxygen atoms in total. The smallest absolute Gasteiger partial charge is 0.101 e. The van der Waals surface area contributed by atoms with Crippen molar-refractivity contribution in [2.24, 2.45) is 5.92 Å². The standard InChI is InChI=1S/C14H27NO2/c1-3-16-11-14(2)10-15-9-13(17-14)8-12-6-4-5-7-12/h12-13,15H,3-11H2,1-2H3. The summed E-state index contributed by atoms with van der Waals surface area (Å²) in [5.41, 5.74) is -0.127. The maximum absolute atomic E-state index is 6.25. The van der Waals surface area contributed by atoms with E-state index in [1.54, 1.807) is 0 Å². The molecule has 0 aromatic carbocycles. The summed E-state index contributed by atoms with van der Waals surface area (Å²) >= 11 is 0. The molecule has 1 heterocycles. The van der Waals surface area contributed by atoms with Crippen molar-refractivity contribution < 1.29 is 9.47 Å². The fraction of sp³-hybridized carbons (Fsp3) is 1.00. The predicted octanol–water partition coefficient (Wildman–Crippen LogP) is 2.35. The van der Waals surface area contributed by atoms with Crippen molar-refractivity contribution in [1.82, 2.24) is 5.32 Å². The molecule has 0 amide bonds. The van der Waals surface area contributed by atoms with Gasteiger partial charge in [-0.25, -0.2) is 0 Å². The highest BCUT2D eigenvalue weighted by molar-refractivity contribution is 4.86. The maximum Gasteiger partial charge on any atom is 0.101 e. The molecular formula is C14H27NO2. The Morgan fingerprint density at radius 2 is 2.12 bits per heavy atom. The van der Waals surface area contributed by atoms with Crippen LogP contribution < -0.4 is 5.32 Å². The minimum absolute atomic E-state index is 0.127. The first-order valence-corrected chi connectivity index (χ1v) is 7.18. The molecule has 1 saturated heterocycles. The van der Waals surface area contributed by atoms with Crippen molar-refractivity contribution in [3.8, 4) is 0 Å². The first-order chi connectivity index (χ1) is 8.22. The monoisotopic (exact) mass is 241 g/mol. The van der Waals surface area contributed by atoms with Crippen LogP contribution in [-0.4, -0.2) is 38.0 Å². The number of hydrogen-bond acceptors (Lipinski definition) is 3. The van der Waals surface area contributed by atoms with Crippen LogP contribution in [0.2, 0.25) is 0 Å². The van der Waals surface area contributed by atoms with Crippen molar-refractivity contribution in [3.63, 3.8) is 0 Å². The van der Waals surface area contributed by atoms with Gasteiger partial charge in [-0.2, -0.15) is 0 Å². The molecule has 1 aliphatic heterocycles. The highest BCUT2D eigenvalue weighted by Crippen LogP contribution is 2.31. The van der Waals surface area contributed by atoms with E-state index in [9.17, 15) is 0 Å². The lowest BCUT2D eigenvalue weighted by molar-refractivity contribution is -0.143. The minimum Gasteiger partial charge on any atom is -0.379 e. The summed E-state index contributed by atoms with van der Waals surface area (Å²) in [6, 6.07) is 0. The predicted molar refractivity (Wildman–Crippen MR) is 69.2 cm³/mol. The van der Waals surface area contributed by atoms with E-state index in [4.69, 9.17) is 9.47 Å². The van der Waals surface area contributed by atoms with E-state index < -0.39 is 0 Å². The summed E-state index contributed by atoms with van der Waals surface area (Å²) in [6.45, 7) is 7.60. The summed E-state index contributed by atoms with van der Waals surface area (Å²) in [6.07, 6.45) is 7.26. The highest BCUT2D eigenvalue weighted by Gasteiger charge is 2.34. The van der Waals surface area contributed by atoms with Crippen LogP contribution in [0.5, 0.6) is 0 Å². The average molecular weight is 241 g/mol. The molecule has 2 aliphatic rings. The van der Waals surface area contributed by atoms with Crippen LogP contribution >= 0.6 is 0 Å². The van der Waals surface area contributed by atoms with Crippen LogP contribution in [0.3, 0.4) is 0 Å². The van der Waals surface area contributed by atoms with Crippen LogP contribution in [0, 0.1) is 5.92 Å². The number of ether oxygens (including phenoxy) is 2. The third kappa shape index (κ3) is 3.94. The molecule has 1 saturated carbocycles. The Morgan fingerprint density at radius 3 is 2.82 bits per heavy atom. The molecule has 1 N–H and O–H groups in total. The lowest BCUT2D eigenvalue weighted by Gasteiger charge is -2.39. The Bertz CT molecular complexity index is 228. The van der Waals surface area contributed by atoms with Crippen molar-refractivity contribution >= 4 is 0 Å². The van der Waals surface area contributed by atoms with Crippen LogP contribution in [-0.2, 0) is 9.47 Å². The fourth-order valence-electron chi connectivity index (χ4n) is 3.14. The molecule has 2 unspecified atom stereocenters. The van der Waals surface area contributed by atoms with Gasteiger partial charge in [-0.3, -0.25) is 0 Å². The van der Waals surface area contributed by atoms with E-state index in [2.05, 4.69) is 12.2 Å². The summed E-state index contributed by atoms with van der Waals surface area (Å²) in [4.78, 5) is 0. The van der Waals surface area contributed by atoms with E-state index in [0.717, 1.165) is 25.6 Å². The zero-order valence-corrected chi connectivity index (χ0v) is 11.3. The lowest BCUT2D eigenvalue weighted by atomic mass is 9.97. The second kappa shape index (κ2) is 6.17. The molecule has 17 heavy (non-hydrogen) atoms. The largest absolute Gasteiger partial charge is 0.379 e. The Kier molecular flexibility index (Phi) is 4.83. The van der Waals surface area contributed by atoms with Gasteiger partial charge in [0.15, 0.2) is 0 Å². The Balaban J connectivity index is 1.78. The first-order valence-electron chi connectivity index (χ1n) is 7.18. The second-order valence-electron chi connectivity index (χ2n) is 5.84. The van der Waals surface area contributed by atoms with E-state index >= 15 is 0 Å². The minimum atomic E-state index is -0.127. The molecule has 0 bridgehead atoms.